The Morgan fingerprint density at radius 2 is 1.90 bits per heavy atom. The van der Waals surface area contributed by atoms with Gasteiger partial charge in [0.1, 0.15) is 0 Å². The van der Waals surface area contributed by atoms with Crippen LogP contribution < -0.4 is 5.32 Å². The summed E-state index contributed by atoms with van der Waals surface area (Å²) in [4.78, 5) is 4.67. The fourth-order valence-corrected chi connectivity index (χ4v) is 3.16. The molecule has 112 valence electrons. The summed E-state index contributed by atoms with van der Waals surface area (Å²) in [7, 11) is 0. The summed E-state index contributed by atoms with van der Waals surface area (Å²) in [6, 6.07) is 11.6. The molecule has 21 heavy (non-hydrogen) atoms. The van der Waals surface area contributed by atoms with Crippen LogP contribution in [0, 0.1) is 0 Å². The fourth-order valence-electron chi connectivity index (χ4n) is 3.16. The summed E-state index contributed by atoms with van der Waals surface area (Å²) < 4.78 is 2.40. The van der Waals surface area contributed by atoms with Crippen LogP contribution in [-0.4, -0.2) is 22.1 Å². The highest BCUT2D eigenvalue weighted by Crippen LogP contribution is 2.26. The second kappa shape index (κ2) is 6.44. The predicted molar refractivity (Wildman–Crippen MR) is 86.6 cm³/mol. The maximum atomic E-state index is 4.67. The van der Waals surface area contributed by atoms with E-state index in [4.69, 9.17) is 0 Å². The molecule has 2 aromatic rings. The van der Waals surface area contributed by atoms with Gasteiger partial charge in [-0.25, -0.2) is 4.98 Å². The Morgan fingerprint density at radius 3 is 2.67 bits per heavy atom. The number of fused-ring (bicyclic) bond motifs is 1. The number of nitrogens with zero attached hydrogens (tertiary/aromatic N) is 2. The Morgan fingerprint density at radius 1 is 1.14 bits per heavy atom. The molecular formula is C18H25N3. The van der Waals surface area contributed by atoms with E-state index in [2.05, 4.69) is 65.4 Å². The molecule has 1 aromatic heterocycles. The first-order valence-electron chi connectivity index (χ1n) is 8.08. The summed E-state index contributed by atoms with van der Waals surface area (Å²) in [6.45, 7) is 5.35. The zero-order valence-electron chi connectivity index (χ0n) is 13.0. The average Bonchev–Trinajstić information content (AvgIpc) is 2.93. The minimum absolute atomic E-state index is 0.336. The average molecular weight is 283 g/mol. The lowest BCUT2D eigenvalue weighted by molar-refractivity contribution is 0.470. The largest absolute Gasteiger partial charge is 0.326 e. The van der Waals surface area contributed by atoms with E-state index in [9.17, 15) is 0 Å². The van der Waals surface area contributed by atoms with E-state index < -0.39 is 0 Å². The highest BCUT2D eigenvalue weighted by atomic mass is 15.1. The third-order valence-corrected chi connectivity index (χ3v) is 4.30. The zero-order valence-corrected chi connectivity index (χ0v) is 13.0. The molecule has 1 aromatic carbocycles. The van der Waals surface area contributed by atoms with Crippen molar-refractivity contribution in [2.45, 2.75) is 51.6 Å². The van der Waals surface area contributed by atoms with E-state index in [-0.39, 0.29) is 0 Å². The van der Waals surface area contributed by atoms with E-state index >= 15 is 0 Å². The van der Waals surface area contributed by atoms with Crippen molar-refractivity contribution < 1.29 is 0 Å². The number of hydrogen-bond donors (Lipinski definition) is 1. The second-order valence-corrected chi connectivity index (χ2v) is 6.24. The summed E-state index contributed by atoms with van der Waals surface area (Å²) in [5.41, 5.74) is 4.11. The molecule has 0 fully saturated rings. The molecule has 0 aliphatic heterocycles. The van der Waals surface area contributed by atoms with Crippen molar-refractivity contribution in [3.8, 4) is 0 Å². The van der Waals surface area contributed by atoms with Gasteiger partial charge in [-0.15, -0.1) is 0 Å². The molecule has 1 atom stereocenters. The van der Waals surface area contributed by atoms with Gasteiger partial charge in [-0.1, -0.05) is 44.2 Å². The van der Waals surface area contributed by atoms with E-state index in [1.807, 2.05) is 0 Å². The fraction of sp³-hybridized carbons (Fsp3) is 0.500. The Bertz CT molecular complexity index is 571. The molecule has 1 aliphatic rings. The minimum atomic E-state index is 0.336. The smallest absolute Gasteiger partial charge is 0.0957 e. The minimum Gasteiger partial charge on any atom is -0.326 e. The van der Waals surface area contributed by atoms with E-state index in [0.29, 0.717) is 12.1 Å². The van der Waals surface area contributed by atoms with Crippen molar-refractivity contribution in [3.63, 3.8) is 0 Å². The topological polar surface area (TPSA) is 29.9 Å². The summed E-state index contributed by atoms with van der Waals surface area (Å²) in [6.07, 6.45) is 6.93. The Balaban J connectivity index is 1.93. The highest BCUT2D eigenvalue weighted by Gasteiger charge is 2.21. The van der Waals surface area contributed by atoms with Gasteiger partial charge in [-0.2, -0.15) is 0 Å². The van der Waals surface area contributed by atoms with E-state index in [0.717, 1.165) is 13.0 Å². The van der Waals surface area contributed by atoms with Crippen LogP contribution in [-0.2, 0) is 12.8 Å². The lowest BCUT2D eigenvalue weighted by Crippen LogP contribution is -2.31. The van der Waals surface area contributed by atoms with Gasteiger partial charge < -0.3 is 9.88 Å². The first kappa shape index (κ1) is 14.3. The first-order chi connectivity index (χ1) is 10.3. The molecule has 0 amide bonds. The SMILES string of the molecule is CC(C)NCC(c1ccccc1)n1cnc2c1CCCC2. The third-order valence-electron chi connectivity index (χ3n) is 4.30. The molecule has 3 nitrogen and oxygen atoms in total. The van der Waals surface area contributed by atoms with E-state index in [1.165, 1.54) is 36.2 Å². The molecule has 1 heterocycles. The number of aryl methyl sites for hydroxylation is 1. The van der Waals surface area contributed by atoms with Crippen LogP contribution in [0.5, 0.6) is 0 Å². The molecule has 0 bridgehead atoms. The normalized spacial score (nSPS) is 16.0. The number of rotatable bonds is 5. The van der Waals surface area contributed by atoms with Crippen molar-refractivity contribution in [1.29, 1.82) is 0 Å². The van der Waals surface area contributed by atoms with Crippen molar-refractivity contribution in [3.05, 3.63) is 53.6 Å². The molecule has 0 radical (unpaired) electrons. The summed E-state index contributed by atoms with van der Waals surface area (Å²) in [5, 5.41) is 3.59. The van der Waals surface area contributed by atoms with Crippen LogP contribution in [0.3, 0.4) is 0 Å². The number of imidazole rings is 1. The van der Waals surface area contributed by atoms with Gasteiger partial charge in [-0.05, 0) is 31.2 Å². The number of aromatic nitrogens is 2. The predicted octanol–water partition coefficient (Wildman–Crippen LogP) is 3.35. The molecule has 0 saturated heterocycles. The molecule has 1 unspecified atom stereocenters. The van der Waals surface area contributed by atoms with Gasteiger partial charge in [0, 0.05) is 18.3 Å². The van der Waals surface area contributed by atoms with Crippen LogP contribution in [0.4, 0.5) is 0 Å². The van der Waals surface area contributed by atoms with Gasteiger partial charge in [0.25, 0.3) is 0 Å². The molecule has 1 N–H and O–H groups in total. The van der Waals surface area contributed by atoms with Gasteiger partial charge >= 0.3 is 0 Å². The Hall–Kier alpha value is -1.61. The van der Waals surface area contributed by atoms with Gasteiger partial charge in [-0.3, -0.25) is 0 Å². The highest BCUT2D eigenvalue weighted by molar-refractivity contribution is 5.25. The quantitative estimate of drug-likeness (QED) is 0.912. The molecule has 0 saturated carbocycles. The Kier molecular flexibility index (Phi) is 4.39. The first-order valence-corrected chi connectivity index (χ1v) is 8.08. The summed E-state index contributed by atoms with van der Waals surface area (Å²) in [5.74, 6) is 0. The standard InChI is InChI=1S/C18H25N3/c1-14(2)19-12-18(15-8-4-3-5-9-15)21-13-20-16-10-6-7-11-17(16)21/h3-5,8-9,13-14,18-19H,6-7,10-12H2,1-2H3. The van der Waals surface area contributed by atoms with E-state index in [1.54, 1.807) is 0 Å². The van der Waals surface area contributed by atoms with Gasteiger partial charge in [0.15, 0.2) is 0 Å². The molecule has 3 heteroatoms. The van der Waals surface area contributed by atoms with Crippen LogP contribution in [0.1, 0.15) is 49.7 Å². The number of hydrogen-bond acceptors (Lipinski definition) is 2. The van der Waals surface area contributed by atoms with Crippen molar-refractivity contribution in [2.24, 2.45) is 0 Å². The Labute approximate surface area is 127 Å². The molecule has 0 spiro atoms. The third kappa shape index (κ3) is 3.18. The monoisotopic (exact) mass is 283 g/mol. The van der Waals surface area contributed by atoms with Crippen molar-refractivity contribution >= 4 is 0 Å². The maximum absolute atomic E-state index is 4.67. The molecule has 1 aliphatic carbocycles. The maximum Gasteiger partial charge on any atom is 0.0957 e. The summed E-state index contributed by atoms with van der Waals surface area (Å²) >= 11 is 0. The zero-order chi connectivity index (χ0) is 14.7. The van der Waals surface area contributed by atoms with Crippen LogP contribution in [0.2, 0.25) is 0 Å². The lowest BCUT2D eigenvalue weighted by Gasteiger charge is -2.25. The van der Waals surface area contributed by atoms with Crippen LogP contribution >= 0.6 is 0 Å². The van der Waals surface area contributed by atoms with Crippen molar-refractivity contribution in [1.82, 2.24) is 14.9 Å². The number of nitrogens with one attached hydrogen (secondary N) is 1. The second-order valence-electron chi connectivity index (χ2n) is 6.24. The van der Waals surface area contributed by atoms with Gasteiger partial charge in [0.05, 0.1) is 18.1 Å². The van der Waals surface area contributed by atoms with Crippen molar-refractivity contribution in [2.75, 3.05) is 6.54 Å². The molecule has 3 rings (SSSR count). The van der Waals surface area contributed by atoms with Crippen LogP contribution in [0.25, 0.3) is 0 Å². The van der Waals surface area contributed by atoms with Crippen LogP contribution in [0.15, 0.2) is 36.7 Å². The van der Waals surface area contributed by atoms with Gasteiger partial charge in [0.2, 0.25) is 0 Å². The lowest BCUT2D eigenvalue weighted by atomic mass is 9.99. The number of benzene rings is 1. The molecular weight excluding hydrogens is 258 g/mol.